The molecule has 1 aromatic rings. The van der Waals surface area contributed by atoms with Crippen LogP contribution in [0.3, 0.4) is 0 Å². The summed E-state index contributed by atoms with van der Waals surface area (Å²) in [4.78, 5) is 3.31. The van der Waals surface area contributed by atoms with Crippen molar-refractivity contribution in [3.05, 3.63) is 17.0 Å². The molecule has 0 radical (unpaired) electrons. The van der Waals surface area contributed by atoms with Gasteiger partial charge in [0.15, 0.2) is 0 Å². The molecule has 1 fully saturated rings. The Morgan fingerprint density at radius 1 is 1.38 bits per heavy atom. The lowest BCUT2D eigenvalue weighted by Crippen LogP contribution is -2.41. The molecule has 0 amide bonds. The molecule has 1 N–H and O–H groups in total. The van der Waals surface area contributed by atoms with Crippen molar-refractivity contribution in [3.63, 3.8) is 0 Å². The summed E-state index contributed by atoms with van der Waals surface area (Å²) in [6.45, 7) is 5.21. The third-order valence-corrected chi connectivity index (χ3v) is 7.43. The molecule has 1 aliphatic rings. The second-order valence-corrected chi connectivity index (χ2v) is 8.94. The lowest BCUT2D eigenvalue weighted by Gasteiger charge is -2.26. The van der Waals surface area contributed by atoms with E-state index >= 15 is 0 Å². The number of rotatable bonds is 5. The normalized spacial score (nSPS) is 22.3. The number of hydrogen-bond acceptors (Lipinski definition) is 5. The van der Waals surface area contributed by atoms with E-state index in [9.17, 15) is 8.42 Å². The van der Waals surface area contributed by atoms with Crippen LogP contribution in [0, 0.1) is 0 Å². The smallest absolute Gasteiger partial charge is 0.252 e. The summed E-state index contributed by atoms with van der Waals surface area (Å²) in [6, 6.07) is 3.71. The van der Waals surface area contributed by atoms with Crippen LogP contribution < -0.4 is 5.32 Å². The van der Waals surface area contributed by atoms with Gasteiger partial charge in [0.05, 0.1) is 0 Å². The Kier molecular flexibility index (Phi) is 5.79. The predicted molar refractivity (Wildman–Crippen MR) is 87.4 cm³/mol. The monoisotopic (exact) mass is 331 g/mol. The number of likely N-dealkylation sites (N-methyl/N-ethyl adjacent to an activating group) is 2. The van der Waals surface area contributed by atoms with E-state index in [1.165, 1.54) is 11.3 Å². The van der Waals surface area contributed by atoms with Gasteiger partial charge in [-0.3, -0.25) is 0 Å². The van der Waals surface area contributed by atoms with Crippen molar-refractivity contribution in [2.45, 2.75) is 30.0 Å². The Balaban J connectivity index is 2.18. The van der Waals surface area contributed by atoms with Crippen LogP contribution >= 0.6 is 11.3 Å². The number of thiophene rings is 1. The first-order chi connectivity index (χ1) is 9.95. The average Bonchev–Trinajstić information content (AvgIpc) is 2.83. The standard InChI is InChI=1S/C14H25N3O2S2/c1-12-11-16(3)9-4-10-17(12)21(18,19)14-6-5-13(20-14)7-8-15-2/h5-6,12,15H,4,7-11H2,1-3H3. The maximum Gasteiger partial charge on any atom is 0.252 e. The van der Waals surface area contributed by atoms with Crippen LogP contribution in [0.15, 0.2) is 16.3 Å². The van der Waals surface area contributed by atoms with E-state index in [-0.39, 0.29) is 6.04 Å². The molecule has 7 heteroatoms. The molecule has 2 rings (SSSR count). The van der Waals surface area contributed by atoms with E-state index in [0.29, 0.717) is 10.8 Å². The Morgan fingerprint density at radius 3 is 2.86 bits per heavy atom. The second kappa shape index (κ2) is 7.19. The summed E-state index contributed by atoms with van der Waals surface area (Å²) in [5.41, 5.74) is 0. The minimum Gasteiger partial charge on any atom is -0.319 e. The first-order valence-corrected chi connectivity index (χ1v) is 9.64. The third kappa shape index (κ3) is 4.04. The van der Waals surface area contributed by atoms with Crippen molar-refractivity contribution in [1.29, 1.82) is 0 Å². The van der Waals surface area contributed by atoms with Crippen LogP contribution in [0.5, 0.6) is 0 Å². The van der Waals surface area contributed by atoms with Gasteiger partial charge in [-0.2, -0.15) is 4.31 Å². The Hall–Kier alpha value is -0.470. The number of nitrogens with zero attached hydrogens (tertiary/aromatic N) is 2. The number of sulfonamides is 1. The van der Waals surface area contributed by atoms with E-state index in [1.54, 1.807) is 10.4 Å². The molecule has 21 heavy (non-hydrogen) atoms. The van der Waals surface area contributed by atoms with Crippen molar-refractivity contribution < 1.29 is 8.42 Å². The van der Waals surface area contributed by atoms with Gasteiger partial charge in [-0.25, -0.2) is 8.42 Å². The van der Waals surface area contributed by atoms with E-state index < -0.39 is 10.0 Å². The molecule has 1 atom stereocenters. The van der Waals surface area contributed by atoms with Crippen molar-refractivity contribution in [1.82, 2.24) is 14.5 Å². The molecule has 1 unspecified atom stereocenters. The van der Waals surface area contributed by atoms with Gasteiger partial charge in [-0.05, 0) is 59.1 Å². The Bertz CT molecular complexity index is 556. The second-order valence-electron chi connectivity index (χ2n) is 5.65. The fraction of sp³-hybridized carbons (Fsp3) is 0.714. The Labute approximate surface area is 132 Å². The van der Waals surface area contributed by atoms with Gasteiger partial charge in [0, 0.05) is 24.0 Å². The summed E-state index contributed by atoms with van der Waals surface area (Å²) in [5, 5.41) is 3.09. The van der Waals surface area contributed by atoms with Crippen LogP contribution in [0.2, 0.25) is 0 Å². The quantitative estimate of drug-likeness (QED) is 0.882. The van der Waals surface area contributed by atoms with Crippen molar-refractivity contribution in [2.24, 2.45) is 0 Å². The fourth-order valence-corrected chi connectivity index (χ4v) is 5.85. The third-order valence-electron chi connectivity index (χ3n) is 3.81. The van der Waals surface area contributed by atoms with E-state index in [1.807, 2.05) is 27.1 Å². The topological polar surface area (TPSA) is 52.7 Å². The molecule has 0 aromatic carbocycles. The molecule has 0 bridgehead atoms. The lowest BCUT2D eigenvalue weighted by molar-refractivity contribution is 0.291. The highest BCUT2D eigenvalue weighted by atomic mass is 32.2. The summed E-state index contributed by atoms with van der Waals surface area (Å²) >= 11 is 1.40. The van der Waals surface area contributed by atoms with Gasteiger partial charge in [0.2, 0.25) is 0 Å². The van der Waals surface area contributed by atoms with Gasteiger partial charge in [0.25, 0.3) is 10.0 Å². The van der Waals surface area contributed by atoms with Crippen LogP contribution in [-0.4, -0.2) is 63.9 Å². The largest absolute Gasteiger partial charge is 0.319 e. The molecule has 1 aromatic heterocycles. The van der Waals surface area contributed by atoms with E-state index in [2.05, 4.69) is 10.2 Å². The minimum absolute atomic E-state index is 0.0189. The fourth-order valence-electron chi connectivity index (χ4n) is 2.70. The van der Waals surface area contributed by atoms with E-state index in [4.69, 9.17) is 0 Å². The molecular formula is C14H25N3O2S2. The van der Waals surface area contributed by atoms with Crippen LogP contribution in [0.4, 0.5) is 0 Å². The van der Waals surface area contributed by atoms with Gasteiger partial charge >= 0.3 is 0 Å². The maximum absolute atomic E-state index is 12.8. The van der Waals surface area contributed by atoms with Gasteiger partial charge in [-0.15, -0.1) is 11.3 Å². The molecule has 0 spiro atoms. The molecule has 120 valence electrons. The highest BCUT2D eigenvalue weighted by Gasteiger charge is 2.32. The van der Waals surface area contributed by atoms with Gasteiger partial charge in [0.1, 0.15) is 4.21 Å². The summed E-state index contributed by atoms with van der Waals surface area (Å²) in [5.74, 6) is 0. The minimum atomic E-state index is -3.36. The molecular weight excluding hydrogens is 306 g/mol. The van der Waals surface area contributed by atoms with Crippen molar-refractivity contribution in [2.75, 3.05) is 40.3 Å². The molecule has 1 saturated heterocycles. The highest BCUT2D eigenvalue weighted by molar-refractivity contribution is 7.91. The van der Waals surface area contributed by atoms with Crippen LogP contribution in [-0.2, 0) is 16.4 Å². The molecule has 1 aliphatic heterocycles. The zero-order valence-corrected chi connectivity index (χ0v) is 14.6. The zero-order valence-electron chi connectivity index (χ0n) is 13.0. The Morgan fingerprint density at radius 2 is 2.14 bits per heavy atom. The van der Waals surface area contributed by atoms with Gasteiger partial charge < -0.3 is 10.2 Å². The summed E-state index contributed by atoms with van der Waals surface area (Å²) in [6.07, 6.45) is 1.76. The maximum atomic E-state index is 12.8. The lowest BCUT2D eigenvalue weighted by atomic mass is 10.3. The van der Waals surface area contributed by atoms with Crippen molar-refractivity contribution in [3.8, 4) is 0 Å². The van der Waals surface area contributed by atoms with Crippen LogP contribution in [0.25, 0.3) is 0 Å². The first kappa shape index (κ1) is 16.9. The number of hydrogen-bond donors (Lipinski definition) is 1. The number of nitrogens with one attached hydrogen (secondary N) is 1. The summed E-state index contributed by atoms with van der Waals surface area (Å²) in [7, 11) is 0.595. The molecule has 2 heterocycles. The predicted octanol–water partition coefficient (Wildman–Crippen LogP) is 1.22. The van der Waals surface area contributed by atoms with Crippen LogP contribution in [0.1, 0.15) is 18.2 Å². The average molecular weight is 332 g/mol. The summed E-state index contributed by atoms with van der Waals surface area (Å²) < 4.78 is 27.8. The molecule has 0 aliphatic carbocycles. The van der Waals surface area contributed by atoms with Gasteiger partial charge in [-0.1, -0.05) is 0 Å². The molecule has 5 nitrogen and oxygen atoms in total. The molecule has 0 saturated carbocycles. The van der Waals surface area contributed by atoms with Crippen molar-refractivity contribution >= 4 is 21.4 Å². The SMILES string of the molecule is CNCCc1ccc(S(=O)(=O)N2CCCN(C)CC2C)s1. The first-order valence-electron chi connectivity index (χ1n) is 7.39. The van der Waals surface area contributed by atoms with E-state index in [0.717, 1.165) is 37.4 Å². The zero-order chi connectivity index (χ0) is 15.5. The highest BCUT2D eigenvalue weighted by Crippen LogP contribution is 2.27.